The zero-order valence-corrected chi connectivity index (χ0v) is 19.2. The summed E-state index contributed by atoms with van der Waals surface area (Å²) in [6.45, 7) is 0.188. The van der Waals surface area contributed by atoms with Crippen molar-refractivity contribution in [3.8, 4) is 22.4 Å². The van der Waals surface area contributed by atoms with E-state index >= 15 is 0 Å². The Balaban J connectivity index is 0.00000193. The minimum Gasteiger partial charge on any atom is -0.396 e. The van der Waals surface area contributed by atoms with Crippen LogP contribution in [0.25, 0.3) is 33.3 Å². The number of hydrogen-bond acceptors (Lipinski definition) is 6. The van der Waals surface area contributed by atoms with Crippen molar-refractivity contribution >= 4 is 47.3 Å². The molecule has 0 saturated heterocycles. The second-order valence-electron chi connectivity index (χ2n) is 7.18. The zero-order valence-electron chi connectivity index (χ0n) is 17.6. The average Bonchev–Trinajstić information content (AvgIpc) is 2.82. The van der Waals surface area contributed by atoms with Crippen LogP contribution in [0.5, 0.6) is 0 Å². The summed E-state index contributed by atoms with van der Waals surface area (Å²) in [5.74, 6) is -0.711. The molecule has 0 atom stereocenters. The van der Waals surface area contributed by atoms with Crippen LogP contribution < -0.4 is 11.2 Å². The number of aliphatic hydroxyl groups excluding tert-OH is 1. The Labute approximate surface area is 203 Å². The lowest BCUT2D eigenvalue weighted by Crippen LogP contribution is -2.21. The quantitative estimate of drug-likeness (QED) is 0.236. The molecule has 7 nitrogen and oxygen atoms in total. The molecule has 0 aliphatic heterocycles. The average molecular weight is 487 g/mol. The lowest BCUT2D eigenvalue weighted by molar-refractivity contribution is 0.0709. The van der Waals surface area contributed by atoms with Gasteiger partial charge >= 0.3 is 0 Å². The second-order valence-corrected chi connectivity index (χ2v) is 7.18. The van der Waals surface area contributed by atoms with Crippen LogP contribution in [0.1, 0.15) is 22.3 Å². The molecule has 0 spiro atoms. The van der Waals surface area contributed by atoms with Crippen molar-refractivity contribution in [1.29, 1.82) is 0 Å². The predicted octanol–water partition coefficient (Wildman–Crippen LogP) is 4.43. The number of nitrogens with two attached hydrogens (primary N) is 1. The van der Waals surface area contributed by atoms with Gasteiger partial charge in [0, 0.05) is 30.0 Å². The fourth-order valence-corrected chi connectivity index (χ4v) is 3.61. The van der Waals surface area contributed by atoms with Gasteiger partial charge in [0.25, 0.3) is 5.91 Å². The molecule has 4 rings (SSSR count). The molecule has 0 saturated carbocycles. The Bertz CT molecular complexity index is 1230. The number of benzene rings is 2. The number of carbonyl (C=O) groups excluding carboxylic acids is 1. The van der Waals surface area contributed by atoms with E-state index in [1.54, 1.807) is 17.7 Å². The topological polar surface area (TPSA) is 121 Å². The number of carbonyl (C=O) groups is 1. The highest BCUT2D eigenvalue weighted by Gasteiger charge is 2.19. The molecular weight excluding hydrogens is 463 g/mol. The van der Waals surface area contributed by atoms with Crippen LogP contribution in [0.2, 0.25) is 0 Å². The summed E-state index contributed by atoms with van der Waals surface area (Å²) in [6, 6.07) is 17.7. The summed E-state index contributed by atoms with van der Waals surface area (Å²) in [7, 11) is 0. The number of pyridine rings is 2. The van der Waals surface area contributed by atoms with Crippen molar-refractivity contribution < 1.29 is 15.1 Å². The van der Waals surface area contributed by atoms with Gasteiger partial charge in [-0.3, -0.25) is 15.0 Å². The Kier molecular flexibility index (Phi) is 9.13. The molecule has 0 fully saturated rings. The van der Waals surface area contributed by atoms with E-state index in [1.807, 2.05) is 24.3 Å². The van der Waals surface area contributed by atoms with E-state index in [0.717, 1.165) is 29.5 Å². The van der Waals surface area contributed by atoms with Crippen molar-refractivity contribution in [3.63, 3.8) is 0 Å². The Morgan fingerprint density at radius 3 is 2.15 bits per heavy atom. The van der Waals surface area contributed by atoms with Crippen molar-refractivity contribution in [2.45, 2.75) is 12.8 Å². The van der Waals surface area contributed by atoms with Gasteiger partial charge in [-0.1, -0.05) is 48.5 Å². The number of nitrogen functional groups attached to an aromatic ring is 1. The van der Waals surface area contributed by atoms with E-state index in [1.165, 1.54) is 11.8 Å². The fourth-order valence-electron chi connectivity index (χ4n) is 3.61. The second kappa shape index (κ2) is 11.6. The maximum atomic E-state index is 12.3. The lowest BCUT2D eigenvalue weighted by atomic mass is 9.98. The molecule has 0 bridgehead atoms. The van der Waals surface area contributed by atoms with Crippen molar-refractivity contribution in [2.75, 3.05) is 12.3 Å². The van der Waals surface area contributed by atoms with Crippen LogP contribution >= 0.6 is 24.8 Å². The molecule has 2 heterocycles. The summed E-state index contributed by atoms with van der Waals surface area (Å²) < 4.78 is 0. The van der Waals surface area contributed by atoms with E-state index in [9.17, 15) is 4.79 Å². The molecule has 9 heteroatoms. The number of nitrogens with zero attached hydrogens (tertiary/aromatic N) is 2. The SMILES string of the molecule is Cl.Cl.Nc1c(-c2ccc(-c3ccc(CCCO)cc3)cc2)nc2ccncc2c1C(=O)NO. The highest BCUT2D eigenvalue weighted by molar-refractivity contribution is 6.12. The number of hydroxylamine groups is 1. The number of amides is 1. The molecule has 2 aromatic heterocycles. The maximum absolute atomic E-state index is 12.3. The third kappa shape index (κ3) is 5.40. The summed E-state index contributed by atoms with van der Waals surface area (Å²) in [4.78, 5) is 20.9. The maximum Gasteiger partial charge on any atom is 0.277 e. The van der Waals surface area contributed by atoms with E-state index < -0.39 is 5.91 Å². The summed E-state index contributed by atoms with van der Waals surface area (Å²) in [5.41, 5.74) is 13.3. The lowest BCUT2D eigenvalue weighted by Gasteiger charge is -2.13. The smallest absolute Gasteiger partial charge is 0.277 e. The minimum absolute atomic E-state index is 0. The van der Waals surface area contributed by atoms with E-state index in [0.29, 0.717) is 16.6 Å². The Morgan fingerprint density at radius 2 is 1.55 bits per heavy atom. The van der Waals surface area contributed by atoms with Crippen LogP contribution in [0.3, 0.4) is 0 Å². The van der Waals surface area contributed by atoms with Gasteiger partial charge in [0.15, 0.2) is 0 Å². The van der Waals surface area contributed by atoms with Gasteiger partial charge in [-0.15, -0.1) is 24.8 Å². The monoisotopic (exact) mass is 486 g/mol. The molecule has 4 aromatic rings. The molecule has 0 unspecified atom stereocenters. The zero-order chi connectivity index (χ0) is 21.8. The molecule has 1 amide bonds. The predicted molar refractivity (Wildman–Crippen MR) is 134 cm³/mol. The third-order valence-corrected chi connectivity index (χ3v) is 5.22. The van der Waals surface area contributed by atoms with Crippen LogP contribution in [-0.4, -0.2) is 32.8 Å². The first-order valence-corrected chi connectivity index (χ1v) is 9.90. The first-order valence-electron chi connectivity index (χ1n) is 9.90. The van der Waals surface area contributed by atoms with Crippen LogP contribution in [-0.2, 0) is 6.42 Å². The van der Waals surface area contributed by atoms with Gasteiger partial charge in [-0.05, 0) is 35.6 Å². The number of aryl methyl sites for hydroxylation is 1. The van der Waals surface area contributed by atoms with Gasteiger partial charge < -0.3 is 10.8 Å². The largest absolute Gasteiger partial charge is 0.396 e. The molecular formula is C24H24Cl2N4O3. The number of anilines is 1. The molecule has 0 aliphatic carbocycles. The highest BCUT2D eigenvalue weighted by atomic mass is 35.5. The number of fused-ring (bicyclic) bond motifs is 1. The number of rotatable bonds is 6. The number of aliphatic hydroxyl groups is 1. The molecule has 172 valence electrons. The van der Waals surface area contributed by atoms with Crippen LogP contribution in [0, 0.1) is 0 Å². The number of halogens is 2. The highest BCUT2D eigenvalue weighted by Crippen LogP contribution is 2.33. The molecule has 0 aliphatic rings. The molecule has 33 heavy (non-hydrogen) atoms. The fraction of sp³-hybridized carbons (Fsp3) is 0.125. The standard InChI is InChI=1S/C24H22N4O3.2ClH/c25-22-21(24(30)28-31)19-14-26-12-11-20(19)27-23(22)18-9-7-17(8-10-18)16-5-3-15(4-6-16)2-1-13-29;;/h3-12,14,29,31H,1-2,13,25H2,(H,28,30);2*1H. The van der Waals surface area contributed by atoms with Gasteiger partial charge in [0.1, 0.15) is 0 Å². The molecule has 5 N–H and O–H groups in total. The van der Waals surface area contributed by atoms with Crippen molar-refractivity contribution in [1.82, 2.24) is 15.4 Å². The van der Waals surface area contributed by atoms with Gasteiger partial charge in [0.05, 0.1) is 22.5 Å². The first kappa shape index (κ1) is 26.0. The van der Waals surface area contributed by atoms with Gasteiger partial charge in [-0.2, -0.15) is 0 Å². The number of aromatic nitrogens is 2. The summed E-state index contributed by atoms with van der Waals surface area (Å²) in [5, 5.41) is 18.6. The van der Waals surface area contributed by atoms with Gasteiger partial charge in [-0.25, -0.2) is 10.5 Å². The Morgan fingerprint density at radius 1 is 0.939 bits per heavy atom. The summed E-state index contributed by atoms with van der Waals surface area (Å²) in [6.07, 6.45) is 4.69. The first-order chi connectivity index (χ1) is 15.1. The molecule has 2 aromatic carbocycles. The minimum atomic E-state index is -0.711. The Hall–Kier alpha value is -3.23. The van der Waals surface area contributed by atoms with E-state index in [2.05, 4.69) is 34.2 Å². The molecule has 0 radical (unpaired) electrons. The normalized spacial score (nSPS) is 10.2. The summed E-state index contributed by atoms with van der Waals surface area (Å²) >= 11 is 0. The van der Waals surface area contributed by atoms with Crippen LogP contribution in [0.4, 0.5) is 5.69 Å². The van der Waals surface area contributed by atoms with Crippen molar-refractivity contribution in [2.24, 2.45) is 0 Å². The third-order valence-electron chi connectivity index (χ3n) is 5.22. The van der Waals surface area contributed by atoms with Crippen molar-refractivity contribution in [3.05, 3.63) is 78.1 Å². The van der Waals surface area contributed by atoms with E-state index in [-0.39, 0.29) is 42.7 Å². The number of nitrogens with one attached hydrogen (secondary N) is 1. The number of hydrogen-bond donors (Lipinski definition) is 4. The van der Waals surface area contributed by atoms with Gasteiger partial charge in [0.2, 0.25) is 0 Å². The van der Waals surface area contributed by atoms with E-state index in [4.69, 9.17) is 16.0 Å². The van der Waals surface area contributed by atoms with Crippen LogP contribution in [0.15, 0.2) is 67.0 Å².